The summed E-state index contributed by atoms with van der Waals surface area (Å²) in [6.07, 6.45) is 2.42. The zero-order valence-corrected chi connectivity index (χ0v) is 11.0. The van der Waals surface area contributed by atoms with Crippen LogP contribution in [0.4, 0.5) is 0 Å². The number of aliphatic hydroxyl groups is 1. The molecular weight excluding hydrogens is 188 g/mol. The molecule has 3 nitrogen and oxygen atoms in total. The van der Waals surface area contributed by atoms with E-state index in [-0.39, 0.29) is 12.1 Å². The summed E-state index contributed by atoms with van der Waals surface area (Å²) in [7, 11) is 2.13. The van der Waals surface area contributed by atoms with Crippen molar-refractivity contribution in [3.8, 4) is 0 Å². The SMILES string of the molecule is CCCC(C)N(C)CC(C)(CO)NCC. The second kappa shape index (κ2) is 7.20. The number of aliphatic hydroxyl groups excluding tert-OH is 1. The van der Waals surface area contributed by atoms with Crippen molar-refractivity contribution in [1.82, 2.24) is 10.2 Å². The van der Waals surface area contributed by atoms with Crippen LogP contribution in [0.1, 0.15) is 40.5 Å². The van der Waals surface area contributed by atoms with E-state index in [0.29, 0.717) is 6.04 Å². The lowest BCUT2D eigenvalue weighted by molar-refractivity contribution is 0.114. The molecule has 0 aromatic heterocycles. The van der Waals surface area contributed by atoms with Gasteiger partial charge in [0.1, 0.15) is 0 Å². The van der Waals surface area contributed by atoms with Crippen LogP contribution in [0.25, 0.3) is 0 Å². The second-order valence-corrected chi connectivity index (χ2v) is 4.80. The summed E-state index contributed by atoms with van der Waals surface area (Å²) in [6.45, 7) is 10.6. The molecule has 0 fully saturated rings. The molecular formula is C12H28N2O. The predicted octanol–water partition coefficient (Wildman–Crippen LogP) is 1.47. The molecule has 2 unspecified atom stereocenters. The minimum Gasteiger partial charge on any atom is -0.394 e. The third-order valence-electron chi connectivity index (χ3n) is 3.01. The first-order valence-electron chi connectivity index (χ1n) is 6.05. The molecule has 0 aromatic carbocycles. The van der Waals surface area contributed by atoms with E-state index < -0.39 is 0 Å². The van der Waals surface area contributed by atoms with Crippen molar-refractivity contribution < 1.29 is 5.11 Å². The van der Waals surface area contributed by atoms with E-state index in [1.54, 1.807) is 0 Å². The molecule has 0 aromatic rings. The van der Waals surface area contributed by atoms with Gasteiger partial charge in [-0.15, -0.1) is 0 Å². The third-order valence-corrected chi connectivity index (χ3v) is 3.01. The van der Waals surface area contributed by atoms with E-state index in [0.717, 1.165) is 13.1 Å². The number of likely N-dealkylation sites (N-methyl/N-ethyl adjacent to an activating group) is 2. The molecule has 15 heavy (non-hydrogen) atoms. The molecule has 0 aliphatic heterocycles. The average Bonchev–Trinajstić information content (AvgIpc) is 2.18. The van der Waals surface area contributed by atoms with Crippen LogP contribution in [0.5, 0.6) is 0 Å². The summed E-state index contributed by atoms with van der Waals surface area (Å²) in [5, 5.41) is 12.7. The van der Waals surface area contributed by atoms with Crippen molar-refractivity contribution in [1.29, 1.82) is 0 Å². The summed E-state index contributed by atoms with van der Waals surface area (Å²) in [4.78, 5) is 2.32. The van der Waals surface area contributed by atoms with Crippen molar-refractivity contribution in [2.75, 3.05) is 26.7 Å². The lowest BCUT2D eigenvalue weighted by Crippen LogP contribution is -2.54. The maximum atomic E-state index is 9.39. The third kappa shape index (κ3) is 5.50. The number of hydrogen-bond acceptors (Lipinski definition) is 3. The minimum absolute atomic E-state index is 0.175. The van der Waals surface area contributed by atoms with Gasteiger partial charge in [0.05, 0.1) is 12.1 Å². The van der Waals surface area contributed by atoms with Crippen LogP contribution < -0.4 is 5.32 Å². The van der Waals surface area contributed by atoms with Gasteiger partial charge in [0, 0.05) is 12.6 Å². The number of hydrogen-bond donors (Lipinski definition) is 2. The molecule has 0 amide bonds. The largest absolute Gasteiger partial charge is 0.394 e. The van der Waals surface area contributed by atoms with Gasteiger partial charge in [-0.05, 0) is 33.9 Å². The molecule has 92 valence electrons. The van der Waals surface area contributed by atoms with Gasteiger partial charge in [-0.1, -0.05) is 20.3 Å². The molecule has 0 aliphatic carbocycles. The monoisotopic (exact) mass is 216 g/mol. The Morgan fingerprint density at radius 2 is 2.00 bits per heavy atom. The fourth-order valence-electron chi connectivity index (χ4n) is 1.93. The lowest BCUT2D eigenvalue weighted by Gasteiger charge is -2.35. The highest BCUT2D eigenvalue weighted by molar-refractivity contribution is 4.86. The number of rotatable bonds is 8. The van der Waals surface area contributed by atoms with Crippen LogP contribution in [0.3, 0.4) is 0 Å². The van der Waals surface area contributed by atoms with E-state index in [4.69, 9.17) is 0 Å². The Morgan fingerprint density at radius 1 is 1.40 bits per heavy atom. The molecule has 0 bridgehead atoms. The first kappa shape index (κ1) is 14.9. The van der Waals surface area contributed by atoms with Crippen LogP contribution in [0.2, 0.25) is 0 Å². The number of nitrogens with zero attached hydrogens (tertiary/aromatic N) is 1. The van der Waals surface area contributed by atoms with Crippen molar-refractivity contribution in [2.24, 2.45) is 0 Å². The minimum atomic E-state index is -0.175. The van der Waals surface area contributed by atoms with Crippen LogP contribution in [-0.2, 0) is 0 Å². The van der Waals surface area contributed by atoms with E-state index >= 15 is 0 Å². The first-order chi connectivity index (χ1) is 6.99. The molecule has 0 radical (unpaired) electrons. The van der Waals surface area contributed by atoms with Crippen LogP contribution in [0.15, 0.2) is 0 Å². The standard InChI is InChI=1S/C12H28N2O/c1-6-8-11(3)14(5)9-12(4,10-15)13-7-2/h11,13,15H,6-10H2,1-5H3. The molecule has 0 spiro atoms. The Bertz CT molecular complexity index is 164. The summed E-state index contributed by atoms with van der Waals surface area (Å²) in [5.41, 5.74) is -0.175. The Labute approximate surface area is 94.9 Å². The van der Waals surface area contributed by atoms with Gasteiger partial charge in [0.15, 0.2) is 0 Å². The quantitative estimate of drug-likeness (QED) is 0.645. The fraction of sp³-hybridized carbons (Fsp3) is 1.00. The van der Waals surface area contributed by atoms with Crippen molar-refractivity contribution >= 4 is 0 Å². The Morgan fingerprint density at radius 3 is 2.40 bits per heavy atom. The number of nitrogens with one attached hydrogen (secondary N) is 1. The zero-order valence-electron chi connectivity index (χ0n) is 11.0. The Hall–Kier alpha value is -0.120. The van der Waals surface area contributed by atoms with Gasteiger partial charge >= 0.3 is 0 Å². The van der Waals surface area contributed by atoms with Gasteiger partial charge < -0.3 is 15.3 Å². The Kier molecular flexibility index (Phi) is 7.14. The highest BCUT2D eigenvalue weighted by Gasteiger charge is 2.25. The Balaban J connectivity index is 4.15. The maximum Gasteiger partial charge on any atom is 0.0623 e. The molecule has 0 heterocycles. The van der Waals surface area contributed by atoms with Crippen molar-refractivity contribution in [3.05, 3.63) is 0 Å². The van der Waals surface area contributed by atoms with Crippen molar-refractivity contribution in [2.45, 2.75) is 52.1 Å². The first-order valence-corrected chi connectivity index (χ1v) is 6.05. The van der Waals surface area contributed by atoms with Gasteiger partial charge in [0.2, 0.25) is 0 Å². The summed E-state index contributed by atoms with van der Waals surface area (Å²) in [6, 6.07) is 0.583. The second-order valence-electron chi connectivity index (χ2n) is 4.80. The predicted molar refractivity (Wildman–Crippen MR) is 66.2 cm³/mol. The highest BCUT2D eigenvalue weighted by Crippen LogP contribution is 2.10. The van der Waals surface area contributed by atoms with Gasteiger partial charge in [-0.2, -0.15) is 0 Å². The smallest absolute Gasteiger partial charge is 0.0623 e. The van der Waals surface area contributed by atoms with E-state index in [1.165, 1.54) is 12.8 Å². The van der Waals surface area contributed by atoms with Gasteiger partial charge in [-0.25, -0.2) is 0 Å². The molecule has 2 N–H and O–H groups in total. The normalized spacial score (nSPS) is 17.8. The topological polar surface area (TPSA) is 35.5 Å². The van der Waals surface area contributed by atoms with Crippen LogP contribution >= 0.6 is 0 Å². The molecule has 0 aliphatic rings. The lowest BCUT2D eigenvalue weighted by atomic mass is 10.0. The molecule has 0 saturated heterocycles. The van der Waals surface area contributed by atoms with Crippen molar-refractivity contribution in [3.63, 3.8) is 0 Å². The average molecular weight is 216 g/mol. The van der Waals surface area contributed by atoms with E-state index in [1.807, 2.05) is 0 Å². The molecule has 0 rings (SSSR count). The van der Waals surface area contributed by atoms with E-state index in [2.05, 4.69) is 45.0 Å². The van der Waals surface area contributed by atoms with E-state index in [9.17, 15) is 5.11 Å². The highest BCUT2D eigenvalue weighted by atomic mass is 16.3. The van der Waals surface area contributed by atoms with Crippen LogP contribution in [0, 0.1) is 0 Å². The van der Waals surface area contributed by atoms with Crippen LogP contribution in [-0.4, -0.2) is 48.3 Å². The summed E-state index contributed by atoms with van der Waals surface area (Å²) < 4.78 is 0. The molecule has 0 saturated carbocycles. The van der Waals surface area contributed by atoms with Gasteiger partial charge in [-0.3, -0.25) is 0 Å². The molecule has 3 heteroatoms. The maximum absolute atomic E-state index is 9.39. The summed E-state index contributed by atoms with van der Waals surface area (Å²) in [5.74, 6) is 0. The summed E-state index contributed by atoms with van der Waals surface area (Å²) >= 11 is 0. The molecule has 2 atom stereocenters. The van der Waals surface area contributed by atoms with Gasteiger partial charge in [0.25, 0.3) is 0 Å². The zero-order chi connectivity index (χ0) is 11.9. The fourth-order valence-corrected chi connectivity index (χ4v) is 1.93.